The Bertz CT molecular complexity index is 582. The standard InChI is InChI=1S/C14H10F2O2/c15-11-7-3-1-5-9(11)13(17)14(18)10-6-2-4-8-12(10)16/h1-8,13,17H/t13-/m0/s1. The van der Waals surface area contributed by atoms with E-state index in [0.29, 0.717) is 0 Å². The van der Waals surface area contributed by atoms with E-state index in [9.17, 15) is 18.7 Å². The molecule has 0 saturated carbocycles. The highest BCUT2D eigenvalue weighted by Gasteiger charge is 2.23. The van der Waals surface area contributed by atoms with Crippen LogP contribution in [0.1, 0.15) is 22.0 Å². The number of rotatable bonds is 3. The molecule has 0 aliphatic rings. The van der Waals surface area contributed by atoms with Crippen LogP contribution in [0.3, 0.4) is 0 Å². The van der Waals surface area contributed by atoms with Crippen molar-refractivity contribution < 1.29 is 18.7 Å². The fraction of sp³-hybridized carbons (Fsp3) is 0.0714. The lowest BCUT2D eigenvalue weighted by Gasteiger charge is -2.11. The monoisotopic (exact) mass is 248 g/mol. The van der Waals surface area contributed by atoms with Gasteiger partial charge < -0.3 is 5.11 Å². The molecule has 0 unspecified atom stereocenters. The highest BCUT2D eigenvalue weighted by atomic mass is 19.1. The van der Waals surface area contributed by atoms with Gasteiger partial charge in [0.15, 0.2) is 5.78 Å². The zero-order valence-electron chi connectivity index (χ0n) is 9.31. The van der Waals surface area contributed by atoms with Crippen molar-refractivity contribution in [3.8, 4) is 0 Å². The number of aliphatic hydroxyl groups excluding tert-OH is 1. The molecule has 2 aromatic carbocycles. The average Bonchev–Trinajstić information content (AvgIpc) is 2.38. The summed E-state index contributed by atoms with van der Waals surface area (Å²) in [6.07, 6.45) is -1.71. The predicted octanol–water partition coefficient (Wildman–Crippen LogP) is 2.88. The molecule has 0 amide bonds. The quantitative estimate of drug-likeness (QED) is 0.848. The zero-order chi connectivity index (χ0) is 13.1. The Morgan fingerprint density at radius 3 is 2.11 bits per heavy atom. The third-order valence-corrected chi connectivity index (χ3v) is 2.59. The van der Waals surface area contributed by atoms with E-state index in [1.807, 2.05) is 0 Å². The fourth-order valence-corrected chi connectivity index (χ4v) is 1.65. The molecule has 2 aromatic rings. The highest BCUT2D eigenvalue weighted by molar-refractivity contribution is 6.00. The molecule has 0 spiro atoms. The number of carbonyl (C=O) groups excluding carboxylic acids is 1. The average molecular weight is 248 g/mol. The maximum absolute atomic E-state index is 13.4. The first kappa shape index (κ1) is 12.4. The predicted molar refractivity (Wildman–Crippen MR) is 62.1 cm³/mol. The minimum Gasteiger partial charge on any atom is -0.380 e. The van der Waals surface area contributed by atoms with Gasteiger partial charge in [-0.1, -0.05) is 30.3 Å². The number of ketones is 1. The molecule has 92 valence electrons. The zero-order valence-corrected chi connectivity index (χ0v) is 9.31. The smallest absolute Gasteiger partial charge is 0.198 e. The van der Waals surface area contributed by atoms with Crippen LogP contribution in [0.25, 0.3) is 0 Å². The molecule has 18 heavy (non-hydrogen) atoms. The SMILES string of the molecule is O=C(c1ccccc1F)[C@@H](O)c1ccccc1F. The van der Waals surface area contributed by atoms with E-state index in [4.69, 9.17) is 0 Å². The van der Waals surface area contributed by atoms with Gasteiger partial charge in [0, 0.05) is 5.56 Å². The number of benzene rings is 2. The van der Waals surface area contributed by atoms with Crippen molar-refractivity contribution in [1.29, 1.82) is 0 Å². The molecule has 0 saturated heterocycles. The summed E-state index contributed by atoms with van der Waals surface area (Å²) in [7, 11) is 0. The molecular formula is C14H10F2O2. The fourth-order valence-electron chi connectivity index (χ4n) is 1.65. The second-order valence-corrected chi connectivity index (χ2v) is 3.77. The third kappa shape index (κ3) is 2.28. The van der Waals surface area contributed by atoms with Crippen LogP contribution < -0.4 is 0 Å². The molecule has 0 aliphatic carbocycles. The summed E-state index contributed by atoms with van der Waals surface area (Å²) in [4.78, 5) is 11.9. The lowest BCUT2D eigenvalue weighted by atomic mass is 9.99. The van der Waals surface area contributed by atoms with Gasteiger partial charge in [0.25, 0.3) is 0 Å². The van der Waals surface area contributed by atoms with Gasteiger partial charge in [0.1, 0.15) is 17.7 Å². The van der Waals surface area contributed by atoms with Gasteiger partial charge >= 0.3 is 0 Å². The Kier molecular flexibility index (Phi) is 3.48. The van der Waals surface area contributed by atoms with Crippen molar-refractivity contribution in [1.82, 2.24) is 0 Å². The molecule has 0 fully saturated rings. The van der Waals surface area contributed by atoms with E-state index in [2.05, 4.69) is 0 Å². The van der Waals surface area contributed by atoms with Crippen molar-refractivity contribution in [2.45, 2.75) is 6.10 Å². The number of aliphatic hydroxyl groups is 1. The van der Waals surface area contributed by atoms with E-state index in [-0.39, 0.29) is 11.1 Å². The van der Waals surface area contributed by atoms with Gasteiger partial charge in [-0.2, -0.15) is 0 Å². The summed E-state index contributed by atoms with van der Waals surface area (Å²) >= 11 is 0. The molecule has 1 atom stereocenters. The Morgan fingerprint density at radius 2 is 1.50 bits per heavy atom. The van der Waals surface area contributed by atoms with Crippen LogP contribution >= 0.6 is 0 Å². The topological polar surface area (TPSA) is 37.3 Å². The van der Waals surface area contributed by atoms with E-state index in [1.165, 1.54) is 36.4 Å². The minimum atomic E-state index is -1.71. The molecule has 2 nitrogen and oxygen atoms in total. The number of hydrogen-bond donors (Lipinski definition) is 1. The van der Waals surface area contributed by atoms with E-state index in [0.717, 1.165) is 12.1 Å². The van der Waals surface area contributed by atoms with Gasteiger partial charge in [0.05, 0.1) is 5.56 Å². The lowest BCUT2D eigenvalue weighted by Crippen LogP contribution is -2.15. The summed E-state index contributed by atoms with van der Waals surface area (Å²) in [5, 5.41) is 9.79. The summed E-state index contributed by atoms with van der Waals surface area (Å²) in [6, 6.07) is 10.6. The van der Waals surface area contributed by atoms with Crippen molar-refractivity contribution in [2.75, 3.05) is 0 Å². The number of hydrogen-bond acceptors (Lipinski definition) is 2. The number of halogens is 2. The van der Waals surface area contributed by atoms with Crippen LogP contribution in [0, 0.1) is 11.6 Å². The van der Waals surface area contributed by atoms with Gasteiger partial charge in [-0.05, 0) is 18.2 Å². The first-order valence-corrected chi connectivity index (χ1v) is 5.32. The second kappa shape index (κ2) is 5.06. The first-order valence-electron chi connectivity index (χ1n) is 5.32. The van der Waals surface area contributed by atoms with Crippen LogP contribution in [-0.4, -0.2) is 10.9 Å². The van der Waals surface area contributed by atoms with E-state index in [1.54, 1.807) is 0 Å². The maximum Gasteiger partial charge on any atom is 0.198 e. The molecule has 2 rings (SSSR count). The molecular weight excluding hydrogens is 238 g/mol. The Balaban J connectivity index is 2.36. The Labute approximate surface area is 103 Å². The van der Waals surface area contributed by atoms with Gasteiger partial charge in [-0.15, -0.1) is 0 Å². The summed E-state index contributed by atoms with van der Waals surface area (Å²) in [5.41, 5.74) is -0.418. The molecule has 1 N–H and O–H groups in total. The van der Waals surface area contributed by atoms with Crippen molar-refractivity contribution in [2.24, 2.45) is 0 Å². The van der Waals surface area contributed by atoms with Crippen molar-refractivity contribution in [3.05, 3.63) is 71.3 Å². The molecule has 0 radical (unpaired) electrons. The molecule has 0 aliphatic heterocycles. The first-order chi connectivity index (χ1) is 8.61. The number of carbonyl (C=O) groups is 1. The summed E-state index contributed by atoms with van der Waals surface area (Å²) in [6.45, 7) is 0. The van der Waals surface area contributed by atoms with Crippen LogP contribution in [0.5, 0.6) is 0 Å². The molecule has 4 heteroatoms. The third-order valence-electron chi connectivity index (χ3n) is 2.59. The summed E-state index contributed by atoms with van der Waals surface area (Å²) in [5.74, 6) is -2.30. The summed E-state index contributed by atoms with van der Waals surface area (Å²) < 4.78 is 26.8. The highest BCUT2D eigenvalue weighted by Crippen LogP contribution is 2.22. The minimum absolute atomic E-state index is 0.161. The molecule has 0 heterocycles. The van der Waals surface area contributed by atoms with E-state index < -0.39 is 23.5 Å². The largest absolute Gasteiger partial charge is 0.380 e. The number of Topliss-reactive ketones (excluding diaryl/α,β-unsaturated/α-hetero) is 1. The lowest BCUT2D eigenvalue weighted by molar-refractivity contribution is 0.0736. The van der Waals surface area contributed by atoms with E-state index >= 15 is 0 Å². The van der Waals surface area contributed by atoms with Gasteiger partial charge in [-0.25, -0.2) is 8.78 Å². The van der Waals surface area contributed by atoms with Gasteiger partial charge in [-0.3, -0.25) is 4.79 Å². The Hall–Kier alpha value is -2.07. The Morgan fingerprint density at radius 1 is 0.944 bits per heavy atom. The van der Waals surface area contributed by atoms with Gasteiger partial charge in [0.2, 0.25) is 0 Å². The second-order valence-electron chi connectivity index (χ2n) is 3.77. The normalized spacial score (nSPS) is 12.2. The van der Waals surface area contributed by atoms with Crippen LogP contribution in [0.4, 0.5) is 8.78 Å². The van der Waals surface area contributed by atoms with Crippen LogP contribution in [0.15, 0.2) is 48.5 Å². The molecule has 0 aromatic heterocycles. The van der Waals surface area contributed by atoms with Crippen molar-refractivity contribution in [3.63, 3.8) is 0 Å². The van der Waals surface area contributed by atoms with Crippen LogP contribution in [0.2, 0.25) is 0 Å². The van der Waals surface area contributed by atoms with Crippen molar-refractivity contribution >= 4 is 5.78 Å². The maximum atomic E-state index is 13.4. The molecule has 0 bridgehead atoms. The van der Waals surface area contributed by atoms with Crippen LogP contribution in [-0.2, 0) is 0 Å².